The lowest BCUT2D eigenvalue weighted by atomic mass is 10.2. The fraction of sp³-hybridized carbons (Fsp3) is 0. The minimum atomic E-state index is -1.64. The van der Waals surface area contributed by atoms with Gasteiger partial charge in [-0.3, -0.25) is 0 Å². The van der Waals surface area contributed by atoms with Crippen LogP contribution in [0, 0.1) is 11.3 Å². The zero-order valence-electron chi connectivity index (χ0n) is 11.4. The normalized spacial score (nSPS) is 13.0. The smallest absolute Gasteiger partial charge is 0.157 e. The molecule has 1 heterocycles. The van der Waals surface area contributed by atoms with Gasteiger partial charge in [0.15, 0.2) is 11.5 Å². The van der Waals surface area contributed by atoms with Crippen molar-refractivity contribution in [1.82, 2.24) is 4.98 Å². The Morgan fingerprint density at radius 1 is 1.23 bits per heavy atom. The fourth-order valence-electron chi connectivity index (χ4n) is 1.60. The first-order chi connectivity index (χ1) is 10.6. The third-order valence-electron chi connectivity index (χ3n) is 2.67. The van der Waals surface area contributed by atoms with E-state index in [-0.39, 0.29) is 16.4 Å². The van der Waals surface area contributed by atoms with Crippen LogP contribution in [0.1, 0.15) is 5.56 Å². The van der Waals surface area contributed by atoms with Gasteiger partial charge in [0.1, 0.15) is 26.8 Å². The van der Waals surface area contributed by atoms with E-state index in [0.29, 0.717) is 10.6 Å². The molecule has 0 spiro atoms. The Bertz CT molecular complexity index is 793. The number of aromatic nitrogens is 1. The Kier molecular flexibility index (Phi) is 5.07. The van der Waals surface area contributed by atoms with Gasteiger partial charge in [-0.25, -0.2) is 9.19 Å². The molecule has 0 radical (unpaired) electrons. The van der Waals surface area contributed by atoms with Gasteiger partial charge in [-0.15, -0.1) is 0 Å². The lowest BCUT2D eigenvalue weighted by molar-refractivity contribution is 0.403. The minimum absolute atomic E-state index is 0.0675. The Labute approximate surface area is 130 Å². The zero-order valence-corrected chi connectivity index (χ0v) is 12.2. The predicted octanol–water partition coefficient (Wildman–Crippen LogP) is 2.72. The third-order valence-corrected chi connectivity index (χ3v) is 3.92. The van der Waals surface area contributed by atoms with Crippen molar-refractivity contribution in [2.24, 2.45) is 0 Å². The highest BCUT2D eigenvalue weighted by molar-refractivity contribution is 7.89. The summed E-state index contributed by atoms with van der Waals surface area (Å²) in [5, 5.41) is 28.0. The molecule has 2 N–H and O–H groups in total. The Balaban J connectivity index is 2.19. The van der Waals surface area contributed by atoms with Crippen LogP contribution in [0.25, 0.3) is 6.08 Å². The number of phenolic OH excluding ortho intramolecular Hbond substituents is 2. The van der Waals surface area contributed by atoms with E-state index >= 15 is 0 Å². The molecule has 1 aromatic carbocycles. The monoisotopic (exact) mass is 312 g/mol. The van der Waals surface area contributed by atoms with Gasteiger partial charge in [0, 0.05) is 6.20 Å². The maximum atomic E-state index is 12.2. The van der Waals surface area contributed by atoms with Crippen molar-refractivity contribution in [2.75, 3.05) is 0 Å². The highest BCUT2D eigenvalue weighted by Gasteiger charge is 2.09. The molecule has 1 atom stereocenters. The number of nitrogens with zero attached hydrogens (tertiary/aromatic N) is 2. The van der Waals surface area contributed by atoms with Crippen molar-refractivity contribution in [3.05, 3.63) is 65.2 Å². The van der Waals surface area contributed by atoms with Gasteiger partial charge in [-0.05, 0) is 35.9 Å². The summed E-state index contributed by atoms with van der Waals surface area (Å²) in [5.74, 6) is -0.439. The molecule has 2 rings (SSSR count). The van der Waals surface area contributed by atoms with Crippen molar-refractivity contribution >= 4 is 16.9 Å². The molecule has 5 nitrogen and oxygen atoms in total. The predicted molar refractivity (Wildman–Crippen MR) is 83.1 cm³/mol. The van der Waals surface area contributed by atoms with Gasteiger partial charge in [0.05, 0.1) is 0 Å². The van der Waals surface area contributed by atoms with Crippen LogP contribution in [0.5, 0.6) is 11.5 Å². The average molecular weight is 312 g/mol. The zero-order chi connectivity index (χ0) is 15.9. The molecule has 0 aliphatic carbocycles. The highest BCUT2D eigenvalue weighted by Crippen LogP contribution is 2.25. The summed E-state index contributed by atoms with van der Waals surface area (Å²) < 4.78 is 12.2. The standard InChI is InChI=1S/C16H12N2O3S/c17-11-13(22(21)16-6-1-2-9-18-16)5-3-4-12-7-8-14(19)15(20)10-12/h1-10,19-20H/b4-3+,13-5+. The molecule has 1 aromatic heterocycles. The van der Waals surface area contributed by atoms with Crippen LogP contribution in [0.15, 0.2) is 64.7 Å². The van der Waals surface area contributed by atoms with E-state index in [9.17, 15) is 14.4 Å². The number of benzene rings is 1. The summed E-state index contributed by atoms with van der Waals surface area (Å²) in [6, 6.07) is 11.2. The molecular formula is C16H12N2O3S. The largest absolute Gasteiger partial charge is 0.504 e. The number of allylic oxidation sites excluding steroid dienone is 3. The van der Waals surface area contributed by atoms with Crippen LogP contribution >= 0.6 is 0 Å². The van der Waals surface area contributed by atoms with E-state index in [1.807, 2.05) is 6.07 Å². The second kappa shape index (κ2) is 7.20. The van der Waals surface area contributed by atoms with Crippen molar-refractivity contribution in [2.45, 2.75) is 5.03 Å². The maximum absolute atomic E-state index is 12.2. The summed E-state index contributed by atoms with van der Waals surface area (Å²) in [6.07, 6.45) is 6.10. The molecule has 2 aromatic rings. The number of pyridine rings is 1. The SMILES string of the molecule is N#C/C(=C\C=C\c1ccc(O)c(O)c1)S(=O)c1ccccn1. The van der Waals surface area contributed by atoms with E-state index < -0.39 is 10.8 Å². The summed E-state index contributed by atoms with van der Waals surface area (Å²) in [6.45, 7) is 0. The molecule has 22 heavy (non-hydrogen) atoms. The Hall–Kier alpha value is -2.91. The molecule has 0 fully saturated rings. The third kappa shape index (κ3) is 3.81. The van der Waals surface area contributed by atoms with Crippen LogP contribution < -0.4 is 0 Å². The van der Waals surface area contributed by atoms with Gasteiger partial charge < -0.3 is 10.2 Å². The van der Waals surface area contributed by atoms with Crippen LogP contribution in [-0.4, -0.2) is 19.4 Å². The van der Waals surface area contributed by atoms with Crippen molar-refractivity contribution in [1.29, 1.82) is 5.26 Å². The van der Waals surface area contributed by atoms with Crippen molar-refractivity contribution in [3.63, 3.8) is 0 Å². The van der Waals surface area contributed by atoms with E-state index in [0.717, 1.165) is 0 Å². The molecule has 110 valence electrons. The number of hydrogen-bond donors (Lipinski definition) is 2. The topological polar surface area (TPSA) is 94.2 Å². The van der Waals surface area contributed by atoms with Gasteiger partial charge in [0.2, 0.25) is 0 Å². The van der Waals surface area contributed by atoms with E-state index in [2.05, 4.69) is 4.98 Å². The highest BCUT2D eigenvalue weighted by atomic mass is 32.2. The second-order valence-corrected chi connectivity index (χ2v) is 5.58. The molecule has 0 bridgehead atoms. The van der Waals surface area contributed by atoms with Gasteiger partial charge in [-0.1, -0.05) is 24.3 Å². The van der Waals surface area contributed by atoms with E-state index in [1.54, 1.807) is 36.4 Å². The summed E-state index contributed by atoms with van der Waals surface area (Å²) in [5.41, 5.74) is 0.632. The molecule has 0 amide bonds. The van der Waals surface area contributed by atoms with Crippen LogP contribution in [0.4, 0.5) is 0 Å². The summed E-state index contributed by atoms with van der Waals surface area (Å²) in [7, 11) is -1.64. The maximum Gasteiger partial charge on any atom is 0.157 e. The molecule has 0 aliphatic rings. The quantitative estimate of drug-likeness (QED) is 0.514. The van der Waals surface area contributed by atoms with Gasteiger partial charge >= 0.3 is 0 Å². The minimum Gasteiger partial charge on any atom is -0.504 e. The van der Waals surface area contributed by atoms with E-state index in [4.69, 9.17) is 5.26 Å². The lowest BCUT2D eigenvalue weighted by Crippen LogP contribution is -1.96. The first kappa shape index (κ1) is 15.5. The number of aromatic hydroxyl groups is 2. The summed E-state index contributed by atoms with van der Waals surface area (Å²) >= 11 is 0. The van der Waals surface area contributed by atoms with Crippen LogP contribution in [0.2, 0.25) is 0 Å². The van der Waals surface area contributed by atoms with Crippen LogP contribution in [-0.2, 0) is 10.8 Å². The molecule has 0 saturated heterocycles. The average Bonchev–Trinajstić information content (AvgIpc) is 2.55. The van der Waals surface area contributed by atoms with Crippen molar-refractivity contribution in [3.8, 4) is 17.6 Å². The second-order valence-electron chi connectivity index (χ2n) is 4.19. The van der Waals surface area contributed by atoms with E-state index in [1.165, 1.54) is 24.4 Å². The Morgan fingerprint density at radius 3 is 2.68 bits per heavy atom. The first-order valence-corrected chi connectivity index (χ1v) is 7.40. The molecule has 0 aliphatic heterocycles. The van der Waals surface area contributed by atoms with Crippen LogP contribution in [0.3, 0.4) is 0 Å². The van der Waals surface area contributed by atoms with Crippen molar-refractivity contribution < 1.29 is 14.4 Å². The first-order valence-electron chi connectivity index (χ1n) is 6.25. The number of hydrogen-bond acceptors (Lipinski definition) is 5. The molecule has 0 saturated carbocycles. The van der Waals surface area contributed by atoms with Gasteiger partial charge in [0.25, 0.3) is 0 Å². The Morgan fingerprint density at radius 2 is 2.05 bits per heavy atom. The summed E-state index contributed by atoms with van der Waals surface area (Å²) in [4.78, 5) is 4.03. The number of nitriles is 1. The molecule has 6 heteroatoms. The van der Waals surface area contributed by atoms with Gasteiger partial charge in [-0.2, -0.15) is 5.26 Å². The fourth-order valence-corrected chi connectivity index (χ4v) is 2.47. The molecular weight excluding hydrogens is 300 g/mol. The number of phenols is 2. The molecule has 1 unspecified atom stereocenters. The number of rotatable bonds is 4. The lowest BCUT2D eigenvalue weighted by Gasteiger charge is -1.99.